The summed E-state index contributed by atoms with van der Waals surface area (Å²) < 4.78 is 41.0. The van der Waals surface area contributed by atoms with Crippen LogP contribution in [0.4, 0.5) is 13.2 Å². The summed E-state index contributed by atoms with van der Waals surface area (Å²) in [5.41, 5.74) is 6.59. The molecule has 0 spiro atoms. The van der Waals surface area contributed by atoms with Crippen molar-refractivity contribution in [3.05, 3.63) is 51.1 Å². The standard InChI is InChI=1S/C23H25F3O/c1-13-11-15-7-3-5-9-17(15)20(14(13)2)21-18-10-6-4-8-16(18)12-19(22(21)27)23(24,25)26/h11-12,27H,3-10H2,1-2H3. The van der Waals surface area contributed by atoms with Gasteiger partial charge in [-0.2, -0.15) is 13.2 Å². The van der Waals surface area contributed by atoms with Crippen molar-refractivity contribution < 1.29 is 18.3 Å². The Labute approximate surface area is 158 Å². The zero-order valence-corrected chi connectivity index (χ0v) is 15.9. The van der Waals surface area contributed by atoms with Crippen LogP contribution in [0.3, 0.4) is 0 Å². The van der Waals surface area contributed by atoms with Crippen LogP contribution in [-0.2, 0) is 31.9 Å². The predicted molar refractivity (Wildman–Crippen MR) is 101 cm³/mol. The normalized spacial score (nSPS) is 16.8. The van der Waals surface area contributed by atoms with Crippen LogP contribution in [-0.4, -0.2) is 5.11 Å². The maximum atomic E-state index is 13.7. The van der Waals surface area contributed by atoms with Crippen LogP contribution in [0, 0.1) is 13.8 Å². The number of aromatic hydroxyl groups is 1. The van der Waals surface area contributed by atoms with Crippen LogP contribution in [0.1, 0.15) is 64.6 Å². The van der Waals surface area contributed by atoms with Crippen LogP contribution in [0.25, 0.3) is 11.1 Å². The minimum absolute atomic E-state index is 0.457. The Hall–Kier alpha value is -1.97. The molecular weight excluding hydrogens is 349 g/mol. The third-order valence-electron chi connectivity index (χ3n) is 6.35. The Morgan fingerprint density at radius 3 is 1.89 bits per heavy atom. The molecule has 2 aromatic carbocycles. The van der Waals surface area contributed by atoms with Gasteiger partial charge in [0.2, 0.25) is 0 Å². The molecule has 0 unspecified atom stereocenters. The quantitative estimate of drug-likeness (QED) is 0.608. The fraction of sp³-hybridized carbons (Fsp3) is 0.478. The molecule has 0 fully saturated rings. The molecule has 0 saturated heterocycles. The zero-order chi connectivity index (χ0) is 19.3. The van der Waals surface area contributed by atoms with E-state index in [1.165, 1.54) is 11.6 Å². The third kappa shape index (κ3) is 3.03. The third-order valence-corrected chi connectivity index (χ3v) is 6.35. The van der Waals surface area contributed by atoms with Gasteiger partial charge in [0, 0.05) is 5.56 Å². The molecule has 4 rings (SSSR count). The number of alkyl halides is 3. The average molecular weight is 374 g/mol. The monoisotopic (exact) mass is 374 g/mol. The van der Waals surface area contributed by atoms with Gasteiger partial charge in [-0.1, -0.05) is 6.07 Å². The molecule has 4 heteroatoms. The highest BCUT2D eigenvalue weighted by atomic mass is 19.4. The Balaban J connectivity index is 2.10. The molecule has 144 valence electrons. The van der Waals surface area contributed by atoms with Gasteiger partial charge in [0.25, 0.3) is 0 Å². The molecule has 0 bridgehead atoms. The Morgan fingerprint density at radius 2 is 1.30 bits per heavy atom. The van der Waals surface area contributed by atoms with Crippen LogP contribution in [0.2, 0.25) is 0 Å². The zero-order valence-electron chi connectivity index (χ0n) is 15.9. The molecule has 1 N–H and O–H groups in total. The number of hydrogen-bond acceptors (Lipinski definition) is 1. The number of phenolic OH excluding ortho intramolecular Hbond substituents is 1. The van der Waals surface area contributed by atoms with Gasteiger partial charge in [0.05, 0.1) is 5.56 Å². The molecule has 0 aromatic heterocycles. The van der Waals surface area contributed by atoms with Crippen molar-refractivity contribution in [1.82, 2.24) is 0 Å². The van der Waals surface area contributed by atoms with E-state index in [0.717, 1.165) is 78.3 Å². The summed E-state index contributed by atoms with van der Waals surface area (Å²) in [5, 5.41) is 10.8. The van der Waals surface area contributed by atoms with Crippen LogP contribution in [0.15, 0.2) is 12.1 Å². The van der Waals surface area contributed by atoms with E-state index in [2.05, 4.69) is 6.07 Å². The second kappa shape index (κ2) is 6.57. The molecule has 2 aromatic rings. The average Bonchev–Trinajstić information content (AvgIpc) is 2.62. The number of halogens is 3. The first-order valence-electron chi connectivity index (χ1n) is 9.86. The van der Waals surface area contributed by atoms with E-state index in [1.54, 1.807) is 0 Å². The molecule has 0 radical (unpaired) electrons. The lowest BCUT2D eigenvalue weighted by atomic mass is 9.77. The van der Waals surface area contributed by atoms with Gasteiger partial charge in [-0.05, 0) is 110 Å². The highest BCUT2D eigenvalue weighted by Crippen LogP contribution is 2.49. The molecular formula is C23H25F3O. The number of benzene rings is 2. The molecule has 1 nitrogen and oxygen atoms in total. The summed E-state index contributed by atoms with van der Waals surface area (Å²) >= 11 is 0. The maximum Gasteiger partial charge on any atom is 0.419 e. The van der Waals surface area contributed by atoms with Gasteiger partial charge in [0.15, 0.2) is 0 Å². The van der Waals surface area contributed by atoms with Gasteiger partial charge < -0.3 is 5.11 Å². The number of aryl methyl sites for hydroxylation is 3. The first-order chi connectivity index (χ1) is 12.8. The van der Waals surface area contributed by atoms with Crippen molar-refractivity contribution in [1.29, 1.82) is 0 Å². The lowest BCUT2D eigenvalue weighted by molar-refractivity contribution is -0.138. The molecule has 2 aliphatic carbocycles. The summed E-state index contributed by atoms with van der Waals surface area (Å²) in [6, 6.07) is 3.37. The highest BCUT2D eigenvalue weighted by molar-refractivity contribution is 5.83. The maximum absolute atomic E-state index is 13.7. The molecule has 0 saturated carbocycles. The van der Waals surface area contributed by atoms with E-state index in [1.807, 2.05) is 13.8 Å². The summed E-state index contributed by atoms with van der Waals surface area (Å²) in [6.45, 7) is 4.00. The number of fused-ring (bicyclic) bond motifs is 2. The minimum Gasteiger partial charge on any atom is -0.507 e. The van der Waals surface area contributed by atoms with Gasteiger partial charge in [-0.15, -0.1) is 0 Å². The van der Waals surface area contributed by atoms with Gasteiger partial charge >= 0.3 is 6.18 Å². The highest BCUT2D eigenvalue weighted by Gasteiger charge is 2.38. The Kier molecular flexibility index (Phi) is 4.48. The lowest BCUT2D eigenvalue weighted by Crippen LogP contribution is -2.14. The fourth-order valence-corrected chi connectivity index (χ4v) is 4.88. The van der Waals surface area contributed by atoms with Crippen molar-refractivity contribution in [2.45, 2.75) is 71.4 Å². The lowest BCUT2D eigenvalue weighted by Gasteiger charge is -2.28. The first-order valence-corrected chi connectivity index (χ1v) is 9.86. The number of phenols is 1. The second-order valence-electron chi connectivity index (χ2n) is 8.03. The Morgan fingerprint density at radius 1 is 0.778 bits per heavy atom. The Bertz CT molecular complexity index is 909. The van der Waals surface area contributed by atoms with E-state index in [9.17, 15) is 18.3 Å². The van der Waals surface area contributed by atoms with Crippen molar-refractivity contribution in [2.24, 2.45) is 0 Å². The largest absolute Gasteiger partial charge is 0.507 e. The molecule has 27 heavy (non-hydrogen) atoms. The summed E-state index contributed by atoms with van der Waals surface area (Å²) in [5.74, 6) is -0.579. The smallest absolute Gasteiger partial charge is 0.419 e. The summed E-state index contributed by atoms with van der Waals surface area (Å²) in [4.78, 5) is 0. The minimum atomic E-state index is -4.55. The van der Waals surface area contributed by atoms with Crippen molar-refractivity contribution in [3.63, 3.8) is 0 Å². The fourth-order valence-electron chi connectivity index (χ4n) is 4.88. The van der Waals surface area contributed by atoms with Crippen LogP contribution >= 0.6 is 0 Å². The van der Waals surface area contributed by atoms with Crippen molar-refractivity contribution in [2.75, 3.05) is 0 Å². The van der Waals surface area contributed by atoms with E-state index < -0.39 is 17.5 Å². The molecule has 0 amide bonds. The van der Waals surface area contributed by atoms with E-state index in [-0.39, 0.29) is 0 Å². The van der Waals surface area contributed by atoms with E-state index in [4.69, 9.17) is 0 Å². The van der Waals surface area contributed by atoms with Gasteiger partial charge in [0.1, 0.15) is 5.75 Å². The van der Waals surface area contributed by atoms with E-state index >= 15 is 0 Å². The molecule has 0 atom stereocenters. The van der Waals surface area contributed by atoms with Gasteiger partial charge in [-0.25, -0.2) is 0 Å². The number of hydrogen-bond donors (Lipinski definition) is 1. The topological polar surface area (TPSA) is 20.2 Å². The second-order valence-corrected chi connectivity index (χ2v) is 8.03. The molecule has 0 heterocycles. The number of rotatable bonds is 1. The van der Waals surface area contributed by atoms with Crippen molar-refractivity contribution >= 4 is 0 Å². The first kappa shape index (κ1) is 18.4. The molecule has 0 aliphatic heterocycles. The summed E-state index contributed by atoms with van der Waals surface area (Å²) in [7, 11) is 0. The van der Waals surface area contributed by atoms with Gasteiger partial charge in [-0.3, -0.25) is 0 Å². The SMILES string of the molecule is Cc1cc2c(c(-c3c(O)c(C(F)(F)F)cc4c3CCCC4)c1C)CCCC2. The van der Waals surface area contributed by atoms with Crippen LogP contribution in [0.5, 0.6) is 5.75 Å². The van der Waals surface area contributed by atoms with Crippen molar-refractivity contribution in [3.8, 4) is 16.9 Å². The molecule has 2 aliphatic rings. The summed E-state index contributed by atoms with van der Waals surface area (Å²) in [6.07, 6.45) is 2.69. The predicted octanol–water partition coefficient (Wildman–Crippen LogP) is 6.45. The van der Waals surface area contributed by atoms with Crippen LogP contribution < -0.4 is 0 Å². The van der Waals surface area contributed by atoms with E-state index in [0.29, 0.717) is 12.0 Å².